The summed E-state index contributed by atoms with van der Waals surface area (Å²) in [6.45, 7) is 0.815. The minimum Gasteiger partial charge on any atom is -0.253 e. The van der Waals surface area contributed by atoms with E-state index in [1.54, 1.807) is 22.3 Å². The summed E-state index contributed by atoms with van der Waals surface area (Å²) in [7, 11) is 0. The fraction of sp³-hybridized carbons (Fsp3) is 0.375. The normalized spacial score (nSPS) is 10.6. The number of rotatable bonds is 4. The van der Waals surface area contributed by atoms with E-state index in [1.807, 2.05) is 5.38 Å². The summed E-state index contributed by atoms with van der Waals surface area (Å²) in [5, 5.41) is 7.10. The Hall–Kier alpha value is -0.940. The van der Waals surface area contributed by atoms with Crippen molar-refractivity contribution in [2.45, 2.75) is 18.8 Å². The standard InChI is InChI=1S/C8H9ClN4S/c9-3-7-4-14-8(12-7)1-2-13-6-10-5-11-13/h4-6H,1-3H2. The lowest BCUT2D eigenvalue weighted by molar-refractivity contribution is 0.611. The van der Waals surface area contributed by atoms with E-state index in [1.165, 1.54) is 6.33 Å². The van der Waals surface area contributed by atoms with Crippen LogP contribution in [0.3, 0.4) is 0 Å². The maximum absolute atomic E-state index is 5.66. The van der Waals surface area contributed by atoms with Gasteiger partial charge in [-0.15, -0.1) is 22.9 Å². The highest BCUT2D eigenvalue weighted by Gasteiger charge is 2.01. The van der Waals surface area contributed by atoms with Gasteiger partial charge in [-0.1, -0.05) is 0 Å². The van der Waals surface area contributed by atoms with Crippen molar-refractivity contribution in [1.29, 1.82) is 0 Å². The predicted octanol–water partition coefficient (Wildman–Crippen LogP) is 1.72. The van der Waals surface area contributed by atoms with Gasteiger partial charge in [-0.3, -0.25) is 4.68 Å². The largest absolute Gasteiger partial charge is 0.253 e. The number of aryl methyl sites for hydroxylation is 2. The smallest absolute Gasteiger partial charge is 0.137 e. The van der Waals surface area contributed by atoms with E-state index >= 15 is 0 Å². The van der Waals surface area contributed by atoms with Crippen molar-refractivity contribution in [3.8, 4) is 0 Å². The Kier molecular flexibility index (Phi) is 3.10. The minimum atomic E-state index is 0.486. The zero-order valence-electron chi connectivity index (χ0n) is 7.43. The SMILES string of the molecule is ClCc1csc(CCn2cncn2)n1. The predicted molar refractivity (Wildman–Crippen MR) is 55.4 cm³/mol. The van der Waals surface area contributed by atoms with Gasteiger partial charge >= 0.3 is 0 Å². The summed E-state index contributed by atoms with van der Waals surface area (Å²) in [4.78, 5) is 8.22. The molecule has 0 aliphatic rings. The molecule has 0 aliphatic heterocycles. The number of hydrogen-bond acceptors (Lipinski definition) is 4. The summed E-state index contributed by atoms with van der Waals surface area (Å²) in [6.07, 6.45) is 4.12. The van der Waals surface area contributed by atoms with E-state index < -0.39 is 0 Å². The zero-order chi connectivity index (χ0) is 9.80. The van der Waals surface area contributed by atoms with E-state index in [4.69, 9.17) is 11.6 Å². The first-order valence-electron chi connectivity index (χ1n) is 4.20. The quantitative estimate of drug-likeness (QED) is 0.749. The van der Waals surface area contributed by atoms with Crippen molar-refractivity contribution in [3.63, 3.8) is 0 Å². The second-order valence-electron chi connectivity index (χ2n) is 2.77. The van der Waals surface area contributed by atoms with Gasteiger partial charge < -0.3 is 0 Å². The molecule has 14 heavy (non-hydrogen) atoms. The number of alkyl halides is 1. The van der Waals surface area contributed by atoms with Crippen LogP contribution in [0.25, 0.3) is 0 Å². The second kappa shape index (κ2) is 4.52. The molecule has 2 aromatic rings. The Morgan fingerprint density at radius 2 is 2.43 bits per heavy atom. The first kappa shape index (κ1) is 9.61. The third-order valence-corrected chi connectivity index (χ3v) is 2.99. The molecule has 0 unspecified atom stereocenters. The highest BCUT2D eigenvalue weighted by Crippen LogP contribution is 2.12. The number of nitrogens with zero attached hydrogens (tertiary/aromatic N) is 4. The van der Waals surface area contributed by atoms with Gasteiger partial charge in [0, 0.05) is 18.3 Å². The van der Waals surface area contributed by atoms with Crippen LogP contribution in [0.2, 0.25) is 0 Å². The zero-order valence-corrected chi connectivity index (χ0v) is 9.00. The molecule has 0 spiro atoms. The Morgan fingerprint density at radius 1 is 1.50 bits per heavy atom. The molecule has 0 fully saturated rings. The maximum Gasteiger partial charge on any atom is 0.137 e. The fourth-order valence-corrected chi connectivity index (χ4v) is 2.10. The van der Waals surface area contributed by atoms with Crippen molar-refractivity contribution in [1.82, 2.24) is 19.7 Å². The average Bonchev–Trinajstić information content (AvgIpc) is 2.86. The van der Waals surface area contributed by atoms with Crippen LogP contribution in [0.5, 0.6) is 0 Å². The fourth-order valence-electron chi connectivity index (χ4n) is 1.08. The van der Waals surface area contributed by atoms with Gasteiger partial charge in [-0.25, -0.2) is 9.97 Å². The van der Waals surface area contributed by atoms with Gasteiger partial charge in [0.25, 0.3) is 0 Å². The lowest BCUT2D eigenvalue weighted by Gasteiger charge is -1.96. The molecule has 2 rings (SSSR count). The van der Waals surface area contributed by atoms with Gasteiger partial charge in [0.1, 0.15) is 12.7 Å². The molecule has 0 N–H and O–H groups in total. The molecular weight excluding hydrogens is 220 g/mol. The number of halogens is 1. The lowest BCUT2D eigenvalue weighted by atomic mass is 10.4. The van der Waals surface area contributed by atoms with E-state index in [0.29, 0.717) is 5.88 Å². The van der Waals surface area contributed by atoms with Crippen LogP contribution in [0.1, 0.15) is 10.7 Å². The molecule has 0 aromatic carbocycles. The Morgan fingerprint density at radius 3 is 3.07 bits per heavy atom. The second-order valence-corrected chi connectivity index (χ2v) is 3.98. The van der Waals surface area contributed by atoms with Gasteiger partial charge in [0.2, 0.25) is 0 Å². The van der Waals surface area contributed by atoms with Crippen LogP contribution in [0.4, 0.5) is 0 Å². The molecule has 4 nitrogen and oxygen atoms in total. The third kappa shape index (κ3) is 2.30. The molecule has 0 saturated heterocycles. The summed E-state index contributed by atoms with van der Waals surface area (Å²) >= 11 is 7.30. The summed E-state index contributed by atoms with van der Waals surface area (Å²) < 4.78 is 1.79. The molecule has 0 aliphatic carbocycles. The molecule has 0 amide bonds. The Labute approximate surface area is 90.6 Å². The topological polar surface area (TPSA) is 43.6 Å². The summed E-state index contributed by atoms with van der Waals surface area (Å²) in [6, 6.07) is 0. The van der Waals surface area contributed by atoms with Crippen LogP contribution in [0.15, 0.2) is 18.0 Å². The Balaban J connectivity index is 1.92. The van der Waals surface area contributed by atoms with Gasteiger partial charge in [-0.05, 0) is 0 Å². The molecule has 6 heteroatoms. The first-order chi connectivity index (χ1) is 6.88. The monoisotopic (exact) mass is 228 g/mol. The highest BCUT2D eigenvalue weighted by atomic mass is 35.5. The van der Waals surface area contributed by atoms with Crippen LogP contribution >= 0.6 is 22.9 Å². The minimum absolute atomic E-state index is 0.486. The molecule has 2 aromatic heterocycles. The molecule has 0 bridgehead atoms. The van der Waals surface area contributed by atoms with Crippen molar-refractivity contribution in [3.05, 3.63) is 28.7 Å². The molecule has 2 heterocycles. The van der Waals surface area contributed by atoms with Crippen LogP contribution < -0.4 is 0 Å². The van der Waals surface area contributed by atoms with Crippen LogP contribution in [-0.2, 0) is 18.8 Å². The van der Waals surface area contributed by atoms with Crippen molar-refractivity contribution in [2.75, 3.05) is 0 Å². The highest BCUT2D eigenvalue weighted by molar-refractivity contribution is 7.09. The summed E-state index contributed by atoms with van der Waals surface area (Å²) in [5.41, 5.74) is 0.949. The Bertz CT molecular complexity index is 384. The van der Waals surface area contributed by atoms with Crippen molar-refractivity contribution in [2.24, 2.45) is 0 Å². The number of hydrogen-bond donors (Lipinski definition) is 0. The molecule has 74 valence electrons. The number of aromatic nitrogens is 4. The lowest BCUT2D eigenvalue weighted by Crippen LogP contribution is -2.01. The van der Waals surface area contributed by atoms with E-state index in [0.717, 1.165) is 23.7 Å². The van der Waals surface area contributed by atoms with Gasteiger partial charge in [0.15, 0.2) is 0 Å². The van der Waals surface area contributed by atoms with E-state index in [-0.39, 0.29) is 0 Å². The first-order valence-corrected chi connectivity index (χ1v) is 5.61. The number of thiazole rings is 1. The summed E-state index contributed by atoms with van der Waals surface area (Å²) in [5.74, 6) is 0.486. The van der Waals surface area contributed by atoms with Gasteiger partial charge in [0.05, 0.1) is 16.6 Å². The van der Waals surface area contributed by atoms with E-state index in [9.17, 15) is 0 Å². The molecule has 0 atom stereocenters. The van der Waals surface area contributed by atoms with Crippen molar-refractivity contribution >= 4 is 22.9 Å². The average molecular weight is 229 g/mol. The van der Waals surface area contributed by atoms with E-state index in [2.05, 4.69) is 15.1 Å². The van der Waals surface area contributed by atoms with Gasteiger partial charge in [-0.2, -0.15) is 5.10 Å². The third-order valence-electron chi connectivity index (χ3n) is 1.76. The maximum atomic E-state index is 5.66. The molecule has 0 saturated carbocycles. The van der Waals surface area contributed by atoms with Crippen molar-refractivity contribution < 1.29 is 0 Å². The van der Waals surface area contributed by atoms with Crippen LogP contribution in [-0.4, -0.2) is 19.7 Å². The molecule has 0 radical (unpaired) electrons. The van der Waals surface area contributed by atoms with Crippen LogP contribution in [0, 0.1) is 0 Å². The molecular formula is C8H9ClN4S.